The van der Waals surface area contributed by atoms with Gasteiger partial charge in [-0.15, -0.1) is 0 Å². The van der Waals surface area contributed by atoms with Crippen LogP contribution in [0, 0.1) is 13.8 Å². The first-order valence-electron chi connectivity index (χ1n) is 9.61. The van der Waals surface area contributed by atoms with E-state index in [1.165, 1.54) is 17.0 Å². The predicted molar refractivity (Wildman–Crippen MR) is 113 cm³/mol. The van der Waals surface area contributed by atoms with Gasteiger partial charge in [-0.3, -0.25) is 4.98 Å². The number of nitrogens with one attached hydrogen (secondary N) is 1. The van der Waals surface area contributed by atoms with Crippen molar-refractivity contribution in [1.29, 1.82) is 0 Å². The lowest BCUT2D eigenvalue weighted by Gasteiger charge is -2.28. The Kier molecular flexibility index (Phi) is 6.17. The average Bonchev–Trinajstić information content (AvgIpc) is 3.12. The molecule has 2 aromatic heterocycles. The van der Waals surface area contributed by atoms with Gasteiger partial charge in [0.15, 0.2) is 5.11 Å². The summed E-state index contributed by atoms with van der Waals surface area (Å²) in [6, 6.07) is 8.98. The summed E-state index contributed by atoms with van der Waals surface area (Å²) in [5.74, 6) is 0. The summed E-state index contributed by atoms with van der Waals surface area (Å²) in [4.78, 5) is 6.92. The van der Waals surface area contributed by atoms with Crippen molar-refractivity contribution < 1.29 is 4.74 Å². The molecule has 1 aliphatic heterocycles. The molecule has 1 saturated heterocycles. The molecule has 2 atom stereocenters. The number of hydrogen-bond acceptors (Lipinski definition) is 3. The maximum atomic E-state index is 5.72. The highest BCUT2D eigenvalue weighted by Crippen LogP contribution is 2.41. The van der Waals surface area contributed by atoms with Gasteiger partial charge >= 0.3 is 0 Å². The number of aryl methyl sites for hydroxylation is 1. The standard InChI is InChI=1S/C21H30N4OS/c1-14(2)25-15(3)13-17(16(25)4)20-19(18-9-6-7-10-22-18)23-21(27)24(20)11-8-12-26-5/h6-7,9-10,13-14,19-20H,8,11-12H2,1-5H3,(H,23,27)/t19-,20-/m0/s1. The monoisotopic (exact) mass is 386 g/mol. The third-order valence-electron chi connectivity index (χ3n) is 5.30. The first-order valence-corrected chi connectivity index (χ1v) is 10.0. The second-order valence-electron chi connectivity index (χ2n) is 7.46. The molecule has 1 aliphatic rings. The molecule has 3 rings (SSSR count). The zero-order valence-electron chi connectivity index (χ0n) is 16.9. The minimum Gasteiger partial charge on any atom is -0.385 e. The van der Waals surface area contributed by atoms with E-state index < -0.39 is 0 Å². The number of ether oxygens (including phenoxy) is 1. The van der Waals surface area contributed by atoms with E-state index in [9.17, 15) is 0 Å². The molecule has 1 fully saturated rings. The van der Waals surface area contributed by atoms with Crippen molar-refractivity contribution in [2.24, 2.45) is 0 Å². The minimum absolute atomic E-state index is 0.0438. The van der Waals surface area contributed by atoms with Crippen molar-refractivity contribution in [3.8, 4) is 0 Å². The van der Waals surface area contributed by atoms with Crippen LogP contribution < -0.4 is 5.32 Å². The Bertz CT molecular complexity index is 787. The Morgan fingerprint density at radius 3 is 2.67 bits per heavy atom. The largest absolute Gasteiger partial charge is 0.385 e. The van der Waals surface area contributed by atoms with Crippen LogP contribution in [0.3, 0.4) is 0 Å². The number of methoxy groups -OCH3 is 1. The van der Waals surface area contributed by atoms with E-state index in [-0.39, 0.29) is 12.1 Å². The van der Waals surface area contributed by atoms with Crippen LogP contribution >= 0.6 is 12.2 Å². The van der Waals surface area contributed by atoms with Crippen molar-refractivity contribution in [3.63, 3.8) is 0 Å². The summed E-state index contributed by atoms with van der Waals surface area (Å²) in [5.41, 5.74) is 4.93. The Morgan fingerprint density at radius 2 is 2.07 bits per heavy atom. The van der Waals surface area contributed by atoms with Gasteiger partial charge in [-0.1, -0.05) is 6.07 Å². The number of hydrogen-bond donors (Lipinski definition) is 1. The predicted octanol–water partition coefficient (Wildman–Crippen LogP) is 4.09. The first kappa shape index (κ1) is 19.8. The summed E-state index contributed by atoms with van der Waals surface area (Å²) < 4.78 is 7.66. The van der Waals surface area contributed by atoms with E-state index in [0.29, 0.717) is 6.04 Å². The molecule has 0 aliphatic carbocycles. The molecule has 1 N–H and O–H groups in total. The number of rotatable bonds is 7. The molecular formula is C21H30N4OS. The van der Waals surface area contributed by atoms with Crippen molar-refractivity contribution in [2.75, 3.05) is 20.3 Å². The van der Waals surface area contributed by atoms with Crippen LogP contribution in [0.5, 0.6) is 0 Å². The smallest absolute Gasteiger partial charge is 0.170 e. The van der Waals surface area contributed by atoms with E-state index in [0.717, 1.165) is 30.4 Å². The van der Waals surface area contributed by atoms with E-state index >= 15 is 0 Å². The van der Waals surface area contributed by atoms with Crippen LogP contribution in [0.1, 0.15) is 61.0 Å². The number of nitrogens with zero attached hydrogens (tertiary/aromatic N) is 3. The highest BCUT2D eigenvalue weighted by atomic mass is 32.1. The SMILES string of the molecule is COCCCN1C(=S)N[C@@H](c2ccccn2)[C@@H]1c1cc(C)n(C(C)C)c1C. The lowest BCUT2D eigenvalue weighted by molar-refractivity contribution is 0.180. The number of pyridine rings is 1. The molecule has 3 heterocycles. The fraction of sp³-hybridized carbons (Fsp3) is 0.524. The molecular weight excluding hydrogens is 356 g/mol. The normalized spacial score (nSPS) is 19.8. The fourth-order valence-electron chi connectivity index (χ4n) is 4.26. The molecule has 0 amide bonds. The summed E-state index contributed by atoms with van der Waals surface area (Å²) in [7, 11) is 1.74. The van der Waals surface area contributed by atoms with Gasteiger partial charge in [0.05, 0.1) is 17.8 Å². The van der Waals surface area contributed by atoms with Gasteiger partial charge in [0.2, 0.25) is 0 Å². The Hall–Kier alpha value is -1.92. The number of thiocarbonyl (C=S) groups is 1. The molecule has 0 spiro atoms. The molecule has 146 valence electrons. The van der Waals surface area contributed by atoms with Crippen LogP contribution in [0.15, 0.2) is 30.5 Å². The lowest BCUT2D eigenvalue weighted by Crippen LogP contribution is -2.31. The van der Waals surface area contributed by atoms with Gasteiger partial charge in [-0.25, -0.2) is 0 Å². The summed E-state index contributed by atoms with van der Waals surface area (Å²) in [5, 5.41) is 4.32. The van der Waals surface area contributed by atoms with Gasteiger partial charge in [0.1, 0.15) is 0 Å². The molecule has 0 unspecified atom stereocenters. The number of aromatic nitrogens is 2. The van der Waals surface area contributed by atoms with Gasteiger partial charge in [-0.05, 0) is 70.1 Å². The van der Waals surface area contributed by atoms with E-state index in [1.54, 1.807) is 7.11 Å². The molecule has 27 heavy (non-hydrogen) atoms. The molecule has 0 bridgehead atoms. The second kappa shape index (κ2) is 8.40. The highest BCUT2D eigenvalue weighted by Gasteiger charge is 2.41. The topological polar surface area (TPSA) is 42.3 Å². The van der Waals surface area contributed by atoms with Crippen molar-refractivity contribution >= 4 is 17.3 Å². The van der Waals surface area contributed by atoms with E-state index in [1.807, 2.05) is 18.3 Å². The first-order chi connectivity index (χ1) is 13.0. The maximum Gasteiger partial charge on any atom is 0.170 e. The third-order valence-corrected chi connectivity index (χ3v) is 5.66. The van der Waals surface area contributed by atoms with Crippen LogP contribution in [0.4, 0.5) is 0 Å². The summed E-state index contributed by atoms with van der Waals surface area (Å²) >= 11 is 5.72. The van der Waals surface area contributed by atoms with Gasteiger partial charge in [0.25, 0.3) is 0 Å². The van der Waals surface area contributed by atoms with Crippen molar-refractivity contribution in [2.45, 2.75) is 52.2 Å². The minimum atomic E-state index is 0.0438. The lowest BCUT2D eigenvalue weighted by atomic mass is 9.96. The quantitative estimate of drug-likeness (QED) is 0.573. The van der Waals surface area contributed by atoms with Gasteiger partial charge in [0, 0.05) is 43.9 Å². The molecule has 2 aromatic rings. The van der Waals surface area contributed by atoms with Crippen LogP contribution in [0.25, 0.3) is 0 Å². The molecule has 0 radical (unpaired) electrons. The van der Waals surface area contributed by atoms with E-state index in [4.69, 9.17) is 17.0 Å². The Labute approximate surface area is 167 Å². The molecule has 6 heteroatoms. The van der Waals surface area contributed by atoms with Gasteiger partial charge in [-0.2, -0.15) is 0 Å². The summed E-state index contributed by atoms with van der Waals surface area (Å²) in [6.45, 7) is 10.4. The van der Waals surface area contributed by atoms with Crippen LogP contribution in [-0.4, -0.2) is 39.8 Å². The highest BCUT2D eigenvalue weighted by molar-refractivity contribution is 7.80. The molecule has 0 saturated carbocycles. The maximum absolute atomic E-state index is 5.72. The summed E-state index contributed by atoms with van der Waals surface area (Å²) in [6.07, 6.45) is 2.79. The van der Waals surface area contributed by atoms with Crippen molar-refractivity contribution in [3.05, 3.63) is 53.1 Å². The van der Waals surface area contributed by atoms with Crippen molar-refractivity contribution in [1.82, 2.24) is 19.8 Å². The van der Waals surface area contributed by atoms with Crippen LogP contribution in [0.2, 0.25) is 0 Å². The second-order valence-corrected chi connectivity index (χ2v) is 7.84. The molecule has 5 nitrogen and oxygen atoms in total. The zero-order chi connectivity index (χ0) is 19.6. The average molecular weight is 387 g/mol. The Morgan fingerprint density at radius 1 is 1.30 bits per heavy atom. The fourth-order valence-corrected chi connectivity index (χ4v) is 4.59. The van der Waals surface area contributed by atoms with E-state index in [2.05, 4.69) is 59.6 Å². The Balaban J connectivity index is 2.04. The third kappa shape index (κ3) is 3.87. The van der Waals surface area contributed by atoms with Crippen LogP contribution in [-0.2, 0) is 4.74 Å². The molecule has 0 aromatic carbocycles. The van der Waals surface area contributed by atoms with Gasteiger partial charge < -0.3 is 19.5 Å². The zero-order valence-corrected chi connectivity index (χ0v) is 17.7.